The third-order valence-corrected chi connectivity index (χ3v) is 4.04. The number of benzene rings is 1. The lowest BCUT2D eigenvalue weighted by molar-refractivity contribution is -0.131. The SMILES string of the molecule is NCc1ccc(C(=O)NCCC(=O)N2CCCCCC2)cc1. The Kier molecular flexibility index (Phi) is 6.40. The lowest BCUT2D eigenvalue weighted by Crippen LogP contribution is -2.35. The van der Waals surface area contributed by atoms with Gasteiger partial charge in [0.25, 0.3) is 5.91 Å². The minimum atomic E-state index is -0.146. The zero-order valence-corrected chi connectivity index (χ0v) is 13.0. The molecule has 1 fully saturated rings. The molecule has 1 saturated heterocycles. The summed E-state index contributed by atoms with van der Waals surface area (Å²) in [5, 5.41) is 2.80. The summed E-state index contributed by atoms with van der Waals surface area (Å²) in [6.45, 7) is 2.56. The molecular weight excluding hydrogens is 278 g/mol. The van der Waals surface area contributed by atoms with Gasteiger partial charge in [-0.3, -0.25) is 9.59 Å². The van der Waals surface area contributed by atoms with Crippen molar-refractivity contribution in [1.29, 1.82) is 0 Å². The molecule has 3 N–H and O–H groups in total. The van der Waals surface area contributed by atoms with Gasteiger partial charge in [-0.25, -0.2) is 0 Å². The molecule has 5 heteroatoms. The molecule has 1 aliphatic rings. The maximum Gasteiger partial charge on any atom is 0.251 e. The number of nitrogens with two attached hydrogens (primary N) is 1. The van der Waals surface area contributed by atoms with E-state index in [0.717, 1.165) is 31.5 Å². The maximum atomic E-state index is 12.1. The van der Waals surface area contributed by atoms with Gasteiger partial charge in [-0.05, 0) is 30.5 Å². The van der Waals surface area contributed by atoms with Crippen molar-refractivity contribution < 1.29 is 9.59 Å². The Morgan fingerprint density at radius 2 is 1.68 bits per heavy atom. The minimum absolute atomic E-state index is 0.140. The Bertz CT molecular complexity index is 491. The Hall–Kier alpha value is -1.88. The summed E-state index contributed by atoms with van der Waals surface area (Å²) in [6.07, 6.45) is 4.96. The summed E-state index contributed by atoms with van der Waals surface area (Å²) >= 11 is 0. The molecule has 0 unspecified atom stereocenters. The van der Waals surface area contributed by atoms with Gasteiger partial charge in [0.05, 0.1) is 0 Å². The molecule has 0 aliphatic carbocycles. The van der Waals surface area contributed by atoms with E-state index in [0.29, 0.717) is 25.1 Å². The number of carbonyl (C=O) groups is 2. The van der Waals surface area contributed by atoms with E-state index >= 15 is 0 Å². The van der Waals surface area contributed by atoms with E-state index in [1.165, 1.54) is 12.8 Å². The van der Waals surface area contributed by atoms with Crippen LogP contribution in [0.3, 0.4) is 0 Å². The molecule has 5 nitrogen and oxygen atoms in total. The highest BCUT2D eigenvalue weighted by Gasteiger charge is 2.15. The Labute approximate surface area is 131 Å². The lowest BCUT2D eigenvalue weighted by Gasteiger charge is -2.20. The highest BCUT2D eigenvalue weighted by molar-refractivity contribution is 5.94. The molecule has 1 aromatic carbocycles. The summed E-state index contributed by atoms with van der Waals surface area (Å²) in [4.78, 5) is 26.0. The number of likely N-dealkylation sites (tertiary alicyclic amines) is 1. The van der Waals surface area contributed by atoms with Gasteiger partial charge in [0.1, 0.15) is 0 Å². The highest BCUT2D eigenvalue weighted by atomic mass is 16.2. The van der Waals surface area contributed by atoms with Gasteiger partial charge in [0.2, 0.25) is 5.91 Å². The number of amides is 2. The van der Waals surface area contributed by atoms with Gasteiger partial charge in [-0.15, -0.1) is 0 Å². The Morgan fingerprint density at radius 1 is 1.05 bits per heavy atom. The summed E-state index contributed by atoms with van der Waals surface area (Å²) in [5.74, 6) is -0.00656. The van der Waals surface area contributed by atoms with Crippen LogP contribution in [0.25, 0.3) is 0 Å². The van der Waals surface area contributed by atoms with Gasteiger partial charge in [-0.1, -0.05) is 25.0 Å². The van der Waals surface area contributed by atoms with E-state index in [9.17, 15) is 9.59 Å². The smallest absolute Gasteiger partial charge is 0.251 e. The van der Waals surface area contributed by atoms with Gasteiger partial charge < -0.3 is 16.0 Å². The monoisotopic (exact) mass is 303 g/mol. The maximum absolute atomic E-state index is 12.1. The minimum Gasteiger partial charge on any atom is -0.352 e. The van der Waals surface area contributed by atoms with Crippen molar-refractivity contribution in [2.75, 3.05) is 19.6 Å². The van der Waals surface area contributed by atoms with Crippen LogP contribution in [0.15, 0.2) is 24.3 Å². The zero-order valence-electron chi connectivity index (χ0n) is 13.0. The second-order valence-corrected chi connectivity index (χ2v) is 5.70. The summed E-state index contributed by atoms with van der Waals surface area (Å²) < 4.78 is 0. The molecule has 0 atom stereocenters. The Morgan fingerprint density at radius 3 is 2.27 bits per heavy atom. The summed E-state index contributed by atoms with van der Waals surface area (Å²) in [5.41, 5.74) is 7.12. The van der Waals surface area contributed by atoms with Crippen molar-refractivity contribution >= 4 is 11.8 Å². The molecule has 0 aromatic heterocycles. The zero-order chi connectivity index (χ0) is 15.8. The lowest BCUT2D eigenvalue weighted by atomic mass is 10.1. The number of nitrogens with zero attached hydrogens (tertiary/aromatic N) is 1. The average Bonchev–Trinajstić information content (AvgIpc) is 2.84. The van der Waals surface area contributed by atoms with Crippen LogP contribution in [0.2, 0.25) is 0 Å². The fourth-order valence-electron chi connectivity index (χ4n) is 2.66. The van der Waals surface area contributed by atoms with E-state index < -0.39 is 0 Å². The fraction of sp³-hybridized carbons (Fsp3) is 0.529. The van der Waals surface area contributed by atoms with Crippen LogP contribution in [-0.2, 0) is 11.3 Å². The van der Waals surface area contributed by atoms with Crippen LogP contribution >= 0.6 is 0 Å². The first kappa shape index (κ1) is 16.5. The number of carbonyl (C=O) groups excluding carboxylic acids is 2. The van der Waals surface area contributed by atoms with Crippen LogP contribution in [-0.4, -0.2) is 36.3 Å². The molecule has 22 heavy (non-hydrogen) atoms. The third kappa shape index (κ3) is 4.84. The molecule has 1 aliphatic heterocycles. The topological polar surface area (TPSA) is 75.4 Å². The van der Waals surface area contributed by atoms with Crippen LogP contribution in [0.1, 0.15) is 48.0 Å². The largest absolute Gasteiger partial charge is 0.352 e. The normalized spacial score (nSPS) is 15.2. The van der Waals surface area contributed by atoms with Gasteiger partial charge in [0.15, 0.2) is 0 Å². The standard InChI is InChI=1S/C17H25N3O2/c18-13-14-5-7-15(8-6-14)17(22)19-10-9-16(21)20-11-3-1-2-4-12-20/h5-8H,1-4,9-13,18H2,(H,19,22). The second-order valence-electron chi connectivity index (χ2n) is 5.70. The molecular formula is C17H25N3O2. The highest BCUT2D eigenvalue weighted by Crippen LogP contribution is 2.10. The third-order valence-electron chi connectivity index (χ3n) is 4.04. The van der Waals surface area contributed by atoms with E-state index in [4.69, 9.17) is 5.73 Å². The summed E-state index contributed by atoms with van der Waals surface area (Å²) in [7, 11) is 0. The fourth-order valence-corrected chi connectivity index (χ4v) is 2.66. The van der Waals surface area contributed by atoms with Crippen LogP contribution in [0, 0.1) is 0 Å². The molecule has 1 heterocycles. The predicted octanol–water partition coefficient (Wildman–Crippen LogP) is 1.67. The van der Waals surface area contributed by atoms with Crippen LogP contribution in [0.5, 0.6) is 0 Å². The van der Waals surface area contributed by atoms with Crippen molar-refractivity contribution in [3.8, 4) is 0 Å². The summed E-state index contributed by atoms with van der Waals surface area (Å²) in [6, 6.07) is 7.21. The van der Waals surface area contributed by atoms with E-state index in [1.54, 1.807) is 12.1 Å². The molecule has 0 bridgehead atoms. The van der Waals surface area contributed by atoms with Crippen LogP contribution in [0.4, 0.5) is 0 Å². The van der Waals surface area contributed by atoms with Gasteiger partial charge in [0, 0.05) is 38.2 Å². The first-order chi connectivity index (χ1) is 10.7. The number of nitrogens with one attached hydrogen (secondary N) is 1. The van der Waals surface area contributed by atoms with Crippen molar-refractivity contribution in [2.24, 2.45) is 5.73 Å². The Balaban J connectivity index is 1.74. The first-order valence-corrected chi connectivity index (χ1v) is 8.05. The van der Waals surface area contributed by atoms with Crippen LogP contribution < -0.4 is 11.1 Å². The molecule has 120 valence electrons. The predicted molar refractivity (Wildman–Crippen MR) is 86.3 cm³/mol. The van der Waals surface area contributed by atoms with Crippen molar-refractivity contribution in [3.63, 3.8) is 0 Å². The molecule has 1 aromatic rings. The van der Waals surface area contributed by atoms with Gasteiger partial charge in [-0.2, -0.15) is 0 Å². The number of hydrogen-bond donors (Lipinski definition) is 2. The molecule has 0 spiro atoms. The first-order valence-electron chi connectivity index (χ1n) is 8.05. The van der Waals surface area contributed by atoms with E-state index in [2.05, 4.69) is 5.32 Å². The van der Waals surface area contributed by atoms with Crippen molar-refractivity contribution in [2.45, 2.75) is 38.6 Å². The quantitative estimate of drug-likeness (QED) is 0.869. The van der Waals surface area contributed by atoms with Gasteiger partial charge >= 0.3 is 0 Å². The van der Waals surface area contributed by atoms with Crippen molar-refractivity contribution in [1.82, 2.24) is 10.2 Å². The van der Waals surface area contributed by atoms with E-state index in [1.807, 2.05) is 17.0 Å². The number of hydrogen-bond acceptors (Lipinski definition) is 3. The average molecular weight is 303 g/mol. The van der Waals surface area contributed by atoms with Crippen molar-refractivity contribution in [3.05, 3.63) is 35.4 Å². The molecule has 2 rings (SSSR count). The molecule has 2 amide bonds. The molecule has 0 radical (unpaired) electrons. The molecule has 0 saturated carbocycles. The second kappa shape index (κ2) is 8.54. The van der Waals surface area contributed by atoms with E-state index in [-0.39, 0.29) is 11.8 Å². The number of rotatable bonds is 5.